The van der Waals surface area contributed by atoms with E-state index in [1.165, 1.54) is 5.69 Å². The Morgan fingerprint density at radius 2 is 1.90 bits per heavy atom. The summed E-state index contributed by atoms with van der Waals surface area (Å²) in [5.74, 6) is 0. The topological polar surface area (TPSA) is 35.5 Å². The zero-order valence-corrected chi connectivity index (χ0v) is 14.8. The van der Waals surface area contributed by atoms with Gasteiger partial charge in [0, 0.05) is 42.1 Å². The zero-order chi connectivity index (χ0) is 15.2. The number of hydrogen-bond acceptors (Lipinski definition) is 3. The van der Waals surface area contributed by atoms with Crippen molar-refractivity contribution in [2.45, 2.75) is 36.1 Å². The van der Waals surface area contributed by atoms with Crippen LogP contribution in [-0.4, -0.2) is 41.5 Å². The van der Waals surface area contributed by atoms with Gasteiger partial charge < -0.3 is 15.3 Å². The highest BCUT2D eigenvalue weighted by Crippen LogP contribution is 2.28. The first-order valence-electron chi connectivity index (χ1n) is 7.63. The zero-order valence-electron chi connectivity index (χ0n) is 12.4. The standard InChI is InChI=1S/C16H24BrClN2O/c1-2-15(18)14(17)11-16(21)12-3-5-13(6-4-12)20-9-7-19-8-10-20/h3-6,14-16,19,21H,2,7-11H2,1H3. The molecule has 1 aliphatic rings. The molecule has 0 amide bonds. The highest BCUT2D eigenvalue weighted by atomic mass is 79.9. The Bertz CT molecular complexity index is 423. The number of anilines is 1. The molecule has 1 aromatic carbocycles. The smallest absolute Gasteiger partial charge is 0.0801 e. The molecule has 3 nitrogen and oxygen atoms in total. The normalized spacial score (nSPS) is 20.1. The molecule has 21 heavy (non-hydrogen) atoms. The number of benzene rings is 1. The van der Waals surface area contributed by atoms with E-state index < -0.39 is 6.10 Å². The van der Waals surface area contributed by atoms with Crippen LogP contribution in [0.25, 0.3) is 0 Å². The van der Waals surface area contributed by atoms with E-state index >= 15 is 0 Å². The highest BCUT2D eigenvalue weighted by Gasteiger charge is 2.20. The quantitative estimate of drug-likeness (QED) is 0.749. The van der Waals surface area contributed by atoms with Crippen LogP contribution in [0.4, 0.5) is 5.69 Å². The number of halogens is 2. The molecule has 118 valence electrons. The average molecular weight is 376 g/mol. The van der Waals surface area contributed by atoms with Crippen molar-refractivity contribution >= 4 is 33.2 Å². The predicted octanol–water partition coefficient (Wildman–Crippen LogP) is 3.30. The van der Waals surface area contributed by atoms with E-state index in [0.29, 0.717) is 6.42 Å². The van der Waals surface area contributed by atoms with Crippen molar-refractivity contribution in [3.8, 4) is 0 Å². The Morgan fingerprint density at radius 1 is 1.29 bits per heavy atom. The largest absolute Gasteiger partial charge is 0.388 e. The Kier molecular flexibility index (Phi) is 6.80. The van der Waals surface area contributed by atoms with Crippen LogP contribution in [0.2, 0.25) is 0 Å². The maximum absolute atomic E-state index is 10.3. The Hall–Kier alpha value is -0.290. The minimum atomic E-state index is -0.473. The maximum Gasteiger partial charge on any atom is 0.0801 e. The second-order valence-electron chi connectivity index (χ2n) is 5.52. The van der Waals surface area contributed by atoms with Crippen LogP contribution in [0.1, 0.15) is 31.4 Å². The van der Waals surface area contributed by atoms with Crippen LogP contribution in [0.5, 0.6) is 0 Å². The molecule has 0 aromatic heterocycles. The van der Waals surface area contributed by atoms with Crippen LogP contribution in [0.3, 0.4) is 0 Å². The number of aliphatic hydroxyl groups is 1. The lowest BCUT2D eigenvalue weighted by atomic mass is 10.0. The number of nitrogens with zero attached hydrogens (tertiary/aromatic N) is 1. The van der Waals surface area contributed by atoms with Crippen molar-refractivity contribution in [2.24, 2.45) is 0 Å². The monoisotopic (exact) mass is 374 g/mol. The van der Waals surface area contributed by atoms with Crippen LogP contribution in [0.15, 0.2) is 24.3 Å². The number of alkyl halides is 2. The van der Waals surface area contributed by atoms with E-state index in [-0.39, 0.29) is 10.2 Å². The molecule has 0 saturated carbocycles. The van der Waals surface area contributed by atoms with Gasteiger partial charge in [-0.25, -0.2) is 0 Å². The van der Waals surface area contributed by atoms with E-state index in [4.69, 9.17) is 11.6 Å². The third-order valence-corrected chi connectivity index (χ3v) is 5.92. The molecule has 0 bridgehead atoms. The average Bonchev–Trinajstić information content (AvgIpc) is 2.55. The minimum absolute atomic E-state index is 0.0553. The molecule has 2 N–H and O–H groups in total. The van der Waals surface area contributed by atoms with Crippen molar-refractivity contribution < 1.29 is 5.11 Å². The van der Waals surface area contributed by atoms with Gasteiger partial charge in [0.1, 0.15) is 0 Å². The third kappa shape index (κ3) is 4.85. The van der Waals surface area contributed by atoms with Crippen molar-refractivity contribution in [1.29, 1.82) is 0 Å². The summed E-state index contributed by atoms with van der Waals surface area (Å²) in [5.41, 5.74) is 2.19. The summed E-state index contributed by atoms with van der Waals surface area (Å²) >= 11 is 9.77. The second-order valence-corrected chi connectivity index (χ2v) is 7.26. The first kappa shape index (κ1) is 17.1. The van der Waals surface area contributed by atoms with Gasteiger partial charge in [0.2, 0.25) is 0 Å². The van der Waals surface area contributed by atoms with E-state index in [1.807, 2.05) is 12.1 Å². The summed E-state index contributed by atoms with van der Waals surface area (Å²) in [5, 5.41) is 13.7. The summed E-state index contributed by atoms with van der Waals surface area (Å²) in [6.45, 7) is 6.19. The fourth-order valence-electron chi connectivity index (χ4n) is 2.58. The van der Waals surface area contributed by atoms with Crippen molar-refractivity contribution in [3.05, 3.63) is 29.8 Å². The summed E-state index contributed by atoms with van der Waals surface area (Å²) in [6.07, 6.45) is 1.06. The van der Waals surface area contributed by atoms with E-state index in [2.05, 4.69) is 45.2 Å². The molecule has 1 saturated heterocycles. The molecule has 2 rings (SSSR count). The SMILES string of the molecule is CCC(Cl)C(Br)CC(O)c1ccc(N2CCNCC2)cc1. The van der Waals surface area contributed by atoms with Crippen molar-refractivity contribution in [2.75, 3.05) is 31.1 Å². The number of rotatable bonds is 6. The lowest BCUT2D eigenvalue weighted by Crippen LogP contribution is -2.43. The highest BCUT2D eigenvalue weighted by molar-refractivity contribution is 9.09. The Balaban J connectivity index is 1.94. The van der Waals surface area contributed by atoms with Crippen LogP contribution >= 0.6 is 27.5 Å². The summed E-state index contributed by atoms with van der Waals surface area (Å²) in [7, 11) is 0. The molecule has 0 radical (unpaired) electrons. The molecule has 0 aliphatic carbocycles. The van der Waals surface area contributed by atoms with E-state index in [1.54, 1.807) is 0 Å². The van der Waals surface area contributed by atoms with Crippen LogP contribution < -0.4 is 10.2 Å². The lowest BCUT2D eigenvalue weighted by molar-refractivity contribution is 0.166. The Morgan fingerprint density at radius 3 is 2.48 bits per heavy atom. The molecular formula is C16H24BrClN2O. The second kappa shape index (κ2) is 8.37. The maximum atomic E-state index is 10.3. The molecule has 1 aromatic rings. The van der Waals surface area contributed by atoms with Gasteiger partial charge in [0.05, 0.1) is 6.10 Å². The molecule has 3 unspecified atom stereocenters. The molecular weight excluding hydrogens is 352 g/mol. The van der Waals surface area contributed by atoms with Gasteiger partial charge >= 0.3 is 0 Å². The van der Waals surface area contributed by atoms with Crippen molar-refractivity contribution in [3.63, 3.8) is 0 Å². The van der Waals surface area contributed by atoms with E-state index in [0.717, 1.165) is 38.2 Å². The first-order chi connectivity index (χ1) is 10.1. The number of hydrogen-bond donors (Lipinski definition) is 2. The van der Waals surface area contributed by atoms with Gasteiger partial charge in [-0.3, -0.25) is 0 Å². The molecule has 1 aliphatic heterocycles. The van der Waals surface area contributed by atoms with Gasteiger partial charge in [-0.05, 0) is 30.5 Å². The minimum Gasteiger partial charge on any atom is -0.388 e. The van der Waals surface area contributed by atoms with Gasteiger partial charge in [0.15, 0.2) is 0 Å². The van der Waals surface area contributed by atoms with Gasteiger partial charge in [-0.2, -0.15) is 0 Å². The Labute approximate surface area is 140 Å². The van der Waals surface area contributed by atoms with Gasteiger partial charge in [-0.1, -0.05) is 35.0 Å². The van der Waals surface area contributed by atoms with Crippen LogP contribution in [-0.2, 0) is 0 Å². The van der Waals surface area contributed by atoms with E-state index in [9.17, 15) is 5.11 Å². The number of piperazine rings is 1. The van der Waals surface area contributed by atoms with Gasteiger partial charge in [-0.15, -0.1) is 11.6 Å². The summed E-state index contributed by atoms with van der Waals surface area (Å²) in [6, 6.07) is 8.25. The van der Waals surface area contributed by atoms with Crippen LogP contribution in [0, 0.1) is 0 Å². The first-order valence-corrected chi connectivity index (χ1v) is 8.99. The number of aliphatic hydroxyl groups excluding tert-OH is 1. The lowest BCUT2D eigenvalue weighted by Gasteiger charge is -2.29. The predicted molar refractivity (Wildman–Crippen MR) is 93.7 cm³/mol. The van der Waals surface area contributed by atoms with Gasteiger partial charge in [0.25, 0.3) is 0 Å². The number of nitrogens with one attached hydrogen (secondary N) is 1. The molecule has 1 heterocycles. The third-order valence-electron chi connectivity index (χ3n) is 3.99. The summed E-state index contributed by atoms with van der Waals surface area (Å²) < 4.78 is 0. The molecule has 3 atom stereocenters. The molecule has 0 spiro atoms. The fraction of sp³-hybridized carbons (Fsp3) is 0.625. The fourth-order valence-corrected chi connectivity index (χ4v) is 3.41. The molecule has 1 fully saturated rings. The summed E-state index contributed by atoms with van der Waals surface area (Å²) in [4.78, 5) is 2.50. The van der Waals surface area contributed by atoms with Crippen molar-refractivity contribution in [1.82, 2.24) is 5.32 Å². The molecule has 5 heteroatoms.